The first kappa shape index (κ1) is 41.8. The van der Waals surface area contributed by atoms with Crippen LogP contribution >= 0.6 is 46.9 Å². The van der Waals surface area contributed by atoms with Crippen LogP contribution in [-0.2, 0) is 58.3 Å². The molecule has 5 atom stereocenters. The summed E-state index contributed by atoms with van der Waals surface area (Å²) in [4.78, 5) is 85.3. The molecular weight excluding hydrogens is 748 g/mol. The SMILES string of the molecule is O=C(CNc1cccc([N+](=O)[O-])c1)NCCCCCCOP(=O)(O)OP(=O)(O)OP(=O)(O)OP(=O)(O)OP(=O)(O)OP(=O)(O)O. The maximum Gasteiger partial charge on any atom is 0.490 e. The summed E-state index contributed by atoms with van der Waals surface area (Å²) in [5.74, 6) is -0.409. The summed E-state index contributed by atoms with van der Waals surface area (Å²) in [6.45, 7) is -0.514. The average Bonchev–Trinajstić information content (AvgIpc) is 2.79. The lowest BCUT2D eigenvalue weighted by atomic mass is 10.2. The fourth-order valence-electron chi connectivity index (χ4n) is 2.70. The van der Waals surface area contributed by atoms with E-state index in [2.05, 4.69) is 36.7 Å². The van der Waals surface area contributed by atoms with Crippen molar-refractivity contribution in [3.05, 3.63) is 34.4 Å². The molecule has 0 saturated heterocycles. The molecule has 45 heavy (non-hydrogen) atoms. The summed E-state index contributed by atoms with van der Waals surface area (Å²) in [7, 11) is -36.3. The molecule has 1 aromatic carbocycles. The molecule has 0 bridgehead atoms. The molecule has 0 saturated carbocycles. The third-order valence-corrected chi connectivity index (χ3v) is 13.0. The predicted molar refractivity (Wildman–Crippen MR) is 146 cm³/mol. The van der Waals surface area contributed by atoms with Crippen LogP contribution in [0.3, 0.4) is 0 Å². The molecule has 31 heteroatoms. The fraction of sp³-hybridized carbons (Fsp3) is 0.500. The van der Waals surface area contributed by atoms with Gasteiger partial charge in [-0.2, -0.15) is 21.6 Å². The molecule has 5 unspecified atom stereocenters. The van der Waals surface area contributed by atoms with Crippen LogP contribution in [0.15, 0.2) is 24.3 Å². The zero-order chi connectivity index (χ0) is 34.7. The lowest BCUT2D eigenvalue weighted by Crippen LogP contribution is -2.30. The lowest BCUT2D eigenvalue weighted by Gasteiger charge is -2.20. The van der Waals surface area contributed by atoms with Gasteiger partial charge in [-0.3, -0.25) is 19.4 Å². The van der Waals surface area contributed by atoms with Gasteiger partial charge in [0.25, 0.3) is 5.69 Å². The lowest BCUT2D eigenvalue weighted by molar-refractivity contribution is -0.384. The molecule has 0 fully saturated rings. The minimum Gasteiger partial charge on any atom is -0.376 e. The van der Waals surface area contributed by atoms with Crippen LogP contribution in [0.1, 0.15) is 25.7 Å². The third-order valence-electron chi connectivity index (χ3n) is 4.19. The Kier molecular flexibility index (Phi) is 16.0. The highest BCUT2D eigenvalue weighted by Crippen LogP contribution is 2.74. The number of carbonyl (C=O) groups excluding carboxylic acids is 1. The summed E-state index contributed by atoms with van der Waals surface area (Å²) in [6, 6.07) is 5.52. The molecule has 1 aromatic rings. The molecule has 0 aliphatic carbocycles. The van der Waals surface area contributed by atoms with Gasteiger partial charge in [0.05, 0.1) is 18.1 Å². The van der Waals surface area contributed by atoms with E-state index in [1.807, 2.05) is 0 Å². The quantitative estimate of drug-likeness (QED) is 0.0353. The Bertz CT molecular complexity index is 1480. The molecule has 25 nitrogen and oxygen atoms in total. The van der Waals surface area contributed by atoms with Gasteiger partial charge in [0, 0.05) is 24.4 Å². The number of phosphoric ester groups is 1. The molecule has 0 spiro atoms. The Morgan fingerprint density at radius 2 is 1.22 bits per heavy atom. The van der Waals surface area contributed by atoms with E-state index in [1.165, 1.54) is 24.3 Å². The first-order valence-corrected chi connectivity index (χ1v) is 20.5. The maximum atomic E-state index is 11.9. The number of nitro groups is 1. The number of nitro benzene ring substituents is 1. The second kappa shape index (κ2) is 17.2. The molecule has 1 amide bonds. The number of unbranched alkanes of at least 4 members (excludes halogenated alkanes) is 3. The molecule has 0 aliphatic rings. The number of amides is 1. The van der Waals surface area contributed by atoms with E-state index in [-0.39, 0.29) is 25.2 Å². The van der Waals surface area contributed by atoms with E-state index >= 15 is 0 Å². The van der Waals surface area contributed by atoms with Gasteiger partial charge in [-0.25, -0.2) is 27.4 Å². The number of nitrogens with zero attached hydrogens (tertiary/aromatic N) is 1. The van der Waals surface area contributed by atoms with Crippen molar-refractivity contribution in [1.82, 2.24) is 5.32 Å². The molecule has 0 aliphatic heterocycles. The van der Waals surface area contributed by atoms with E-state index in [0.717, 1.165) is 0 Å². The Morgan fingerprint density at radius 3 is 1.73 bits per heavy atom. The van der Waals surface area contributed by atoms with E-state index < -0.39 is 64.4 Å². The number of hydrogen-bond acceptors (Lipinski definition) is 16. The van der Waals surface area contributed by atoms with Gasteiger partial charge in [-0.05, 0) is 18.9 Å². The molecule has 260 valence electrons. The number of anilines is 1. The minimum atomic E-state index is -6.34. The number of phosphoric acid groups is 6. The number of rotatable bonds is 22. The number of carbonyl (C=O) groups is 1. The highest BCUT2D eigenvalue weighted by atomic mass is 31.3. The van der Waals surface area contributed by atoms with Crippen molar-refractivity contribution < 1.29 is 97.4 Å². The highest BCUT2D eigenvalue weighted by Gasteiger charge is 2.49. The second-order valence-corrected chi connectivity index (χ2v) is 17.2. The second-order valence-electron chi connectivity index (χ2n) is 8.00. The van der Waals surface area contributed by atoms with Gasteiger partial charge in [0.15, 0.2) is 0 Å². The van der Waals surface area contributed by atoms with Crippen LogP contribution in [-0.4, -0.2) is 64.8 Å². The molecule has 9 N–H and O–H groups in total. The highest BCUT2D eigenvalue weighted by molar-refractivity contribution is 7.72. The predicted octanol–water partition coefficient (Wildman–Crippen LogP) is 2.38. The van der Waals surface area contributed by atoms with Gasteiger partial charge in [0.2, 0.25) is 5.91 Å². The Morgan fingerprint density at radius 1 is 0.733 bits per heavy atom. The van der Waals surface area contributed by atoms with Crippen LogP contribution in [0.25, 0.3) is 0 Å². The Balaban J connectivity index is 2.38. The van der Waals surface area contributed by atoms with Crippen molar-refractivity contribution in [2.75, 3.05) is 25.0 Å². The first-order valence-electron chi connectivity index (χ1n) is 11.5. The van der Waals surface area contributed by atoms with Gasteiger partial charge >= 0.3 is 46.9 Å². The number of benzene rings is 1. The van der Waals surface area contributed by atoms with Crippen molar-refractivity contribution >= 4 is 64.2 Å². The maximum absolute atomic E-state index is 11.9. The molecule has 0 aromatic heterocycles. The van der Waals surface area contributed by atoms with Crippen molar-refractivity contribution in [3.63, 3.8) is 0 Å². The standard InChI is InChI=1S/C14H27N3O22P6/c18-14(11-16-12-6-5-7-13(10-12)17(19)20)15-8-3-1-2-4-9-34-41(24,25)36-43(28,29)38-45(32,33)39-44(30,31)37-42(26,27)35-40(21,22)23/h5-7,10,16H,1-4,8-9,11H2,(H,15,18)(H,24,25)(H,26,27)(H,28,29)(H,30,31)(H,32,33)(H2,21,22,23). The minimum absolute atomic E-state index is 0.0529. The van der Waals surface area contributed by atoms with Gasteiger partial charge in [0.1, 0.15) is 0 Å². The largest absolute Gasteiger partial charge is 0.490 e. The van der Waals surface area contributed by atoms with Crippen molar-refractivity contribution in [1.29, 1.82) is 0 Å². The first-order chi connectivity index (χ1) is 20.3. The molecule has 1 rings (SSSR count). The fourth-order valence-corrected chi connectivity index (χ4v) is 10.0. The number of nitrogens with one attached hydrogen (secondary N) is 2. The normalized spacial score (nSPS) is 18.7. The average molecular weight is 775 g/mol. The zero-order valence-electron chi connectivity index (χ0n) is 22.1. The summed E-state index contributed by atoms with van der Waals surface area (Å²) in [6.07, 6.45) is 1.28. The van der Waals surface area contributed by atoms with Gasteiger partial charge in [-0.1, -0.05) is 18.9 Å². The van der Waals surface area contributed by atoms with Crippen LogP contribution < -0.4 is 10.6 Å². The number of hydrogen-bond donors (Lipinski definition) is 9. The monoisotopic (exact) mass is 775 g/mol. The van der Waals surface area contributed by atoms with E-state index in [4.69, 9.17) is 14.7 Å². The van der Waals surface area contributed by atoms with E-state index in [0.29, 0.717) is 24.9 Å². The topological polar surface area (TPSA) is 384 Å². The Hall–Kier alpha value is -1.25. The summed E-state index contributed by atoms with van der Waals surface area (Å²) in [5, 5.41) is 16.1. The zero-order valence-corrected chi connectivity index (χ0v) is 27.5. The smallest absolute Gasteiger partial charge is 0.376 e. The molecule has 0 heterocycles. The van der Waals surface area contributed by atoms with Crippen LogP contribution in [0, 0.1) is 10.1 Å². The summed E-state index contributed by atoms with van der Waals surface area (Å²) >= 11 is 0. The van der Waals surface area contributed by atoms with E-state index in [9.17, 15) is 61.9 Å². The Labute approximate surface area is 252 Å². The molecule has 0 radical (unpaired) electrons. The summed E-state index contributed by atoms with van der Waals surface area (Å²) < 4.78 is 90.2. The van der Waals surface area contributed by atoms with Gasteiger partial charge in [-0.15, -0.1) is 0 Å². The molecular formula is C14H27N3O22P6. The van der Waals surface area contributed by atoms with Crippen LogP contribution in [0.2, 0.25) is 0 Å². The van der Waals surface area contributed by atoms with Gasteiger partial charge < -0.3 is 44.9 Å². The third kappa shape index (κ3) is 19.9. The van der Waals surface area contributed by atoms with Crippen LogP contribution in [0.4, 0.5) is 11.4 Å². The van der Waals surface area contributed by atoms with Crippen molar-refractivity contribution in [2.24, 2.45) is 0 Å². The van der Waals surface area contributed by atoms with Crippen LogP contribution in [0.5, 0.6) is 0 Å². The van der Waals surface area contributed by atoms with E-state index in [1.54, 1.807) is 0 Å². The van der Waals surface area contributed by atoms with Crippen molar-refractivity contribution in [3.8, 4) is 0 Å². The summed E-state index contributed by atoms with van der Waals surface area (Å²) in [5.41, 5.74) is 0.207. The van der Waals surface area contributed by atoms with Crippen molar-refractivity contribution in [2.45, 2.75) is 25.7 Å². The number of non-ortho nitro benzene ring substituents is 1.